The molecule has 0 atom stereocenters. The fourth-order valence-corrected chi connectivity index (χ4v) is 1.75. The monoisotopic (exact) mass is 259 g/mol. The van der Waals surface area contributed by atoms with Gasteiger partial charge in [0, 0.05) is 17.5 Å². The van der Waals surface area contributed by atoms with E-state index in [2.05, 4.69) is 4.74 Å². The summed E-state index contributed by atoms with van der Waals surface area (Å²) in [6.45, 7) is 1.71. The number of nitrogens with zero attached hydrogens (tertiary/aromatic N) is 1. The van der Waals surface area contributed by atoms with E-state index in [1.807, 2.05) is 0 Å². The largest absolute Gasteiger partial charge is 0.465 e. The average molecular weight is 259 g/mol. The molecule has 0 N–H and O–H groups in total. The summed E-state index contributed by atoms with van der Waals surface area (Å²) in [4.78, 5) is 22.9. The van der Waals surface area contributed by atoms with E-state index in [0.29, 0.717) is 10.9 Å². The van der Waals surface area contributed by atoms with Crippen LogP contribution in [0.4, 0.5) is 0 Å². The van der Waals surface area contributed by atoms with Crippen LogP contribution < -0.4 is 10.4 Å². The number of ether oxygens (including phenoxy) is 2. The summed E-state index contributed by atoms with van der Waals surface area (Å²) >= 11 is 0. The number of benzene rings is 1. The number of fused-ring (bicyclic) bond motifs is 1. The Balaban J connectivity index is 2.80. The number of hydrogen-bond donors (Lipinski definition) is 0. The van der Waals surface area contributed by atoms with Crippen LogP contribution in [-0.2, 0) is 4.74 Å². The molecule has 1 heterocycles. The molecule has 0 aliphatic carbocycles. The average Bonchev–Trinajstić information content (AvgIpc) is 2.37. The zero-order valence-corrected chi connectivity index (χ0v) is 10.2. The molecular weight excluding hydrogens is 250 g/mol. The van der Waals surface area contributed by atoms with Gasteiger partial charge in [0.25, 0.3) is 6.26 Å². The second kappa shape index (κ2) is 4.82. The van der Waals surface area contributed by atoms with Crippen molar-refractivity contribution in [1.29, 1.82) is 5.26 Å². The highest BCUT2D eigenvalue weighted by Gasteiger charge is 2.17. The highest BCUT2D eigenvalue weighted by atomic mass is 16.5. The van der Waals surface area contributed by atoms with Gasteiger partial charge in [-0.05, 0) is 18.6 Å². The SMILES string of the molecule is COC(=O)c1cc2c(C)cc(=O)oc2cc1OC#N. The van der Waals surface area contributed by atoms with Crippen molar-refractivity contribution in [2.24, 2.45) is 0 Å². The van der Waals surface area contributed by atoms with E-state index in [0.717, 1.165) is 0 Å². The highest BCUT2D eigenvalue weighted by molar-refractivity contribution is 5.98. The lowest BCUT2D eigenvalue weighted by Gasteiger charge is -2.07. The topological polar surface area (TPSA) is 89.5 Å². The van der Waals surface area contributed by atoms with E-state index in [4.69, 9.17) is 14.4 Å². The summed E-state index contributed by atoms with van der Waals surface area (Å²) in [6.07, 6.45) is 1.47. The Morgan fingerprint density at radius 1 is 1.37 bits per heavy atom. The van der Waals surface area contributed by atoms with Crippen LogP contribution in [0.5, 0.6) is 5.75 Å². The Morgan fingerprint density at radius 2 is 2.11 bits per heavy atom. The molecule has 0 radical (unpaired) electrons. The molecule has 0 fully saturated rings. The highest BCUT2D eigenvalue weighted by Crippen LogP contribution is 2.27. The third-order valence-corrected chi connectivity index (χ3v) is 2.61. The number of rotatable bonds is 2. The first-order valence-corrected chi connectivity index (χ1v) is 5.29. The summed E-state index contributed by atoms with van der Waals surface area (Å²) in [6, 6.07) is 4.10. The van der Waals surface area contributed by atoms with Crippen LogP contribution >= 0.6 is 0 Å². The summed E-state index contributed by atoms with van der Waals surface area (Å²) in [7, 11) is 1.22. The van der Waals surface area contributed by atoms with Crippen molar-refractivity contribution in [3.05, 3.63) is 39.7 Å². The molecule has 6 nitrogen and oxygen atoms in total. The van der Waals surface area contributed by atoms with Crippen molar-refractivity contribution in [3.63, 3.8) is 0 Å². The van der Waals surface area contributed by atoms with Crippen LogP contribution in [0.1, 0.15) is 15.9 Å². The zero-order chi connectivity index (χ0) is 14.0. The molecule has 0 saturated heterocycles. The number of nitriles is 1. The number of methoxy groups -OCH3 is 1. The molecule has 0 unspecified atom stereocenters. The maximum absolute atomic E-state index is 11.6. The molecule has 0 aliphatic rings. The number of esters is 1. The minimum atomic E-state index is -0.641. The normalized spacial score (nSPS) is 9.95. The standard InChI is InChI=1S/C13H9NO5/c1-7-3-12(15)19-11-5-10(18-6-14)9(4-8(7)11)13(16)17-2/h3-5H,1-2H3. The third-order valence-electron chi connectivity index (χ3n) is 2.61. The van der Waals surface area contributed by atoms with Gasteiger partial charge in [-0.25, -0.2) is 9.59 Å². The van der Waals surface area contributed by atoms with Crippen molar-refractivity contribution < 1.29 is 18.7 Å². The van der Waals surface area contributed by atoms with Gasteiger partial charge < -0.3 is 13.9 Å². The van der Waals surface area contributed by atoms with Gasteiger partial charge in [0.05, 0.1) is 7.11 Å². The van der Waals surface area contributed by atoms with E-state index in [-0.39, 0.29) is 16.9 Å². The van der Waals surface area contributed by atoms with Crippen LogP contribution in [0.25, 0.3) is 11.0 Å². The van der Waals surface area contributed by atoms with Crippen LogP contribution in [0, 0.1) is 18.4 Å². The van der Waals surface area contributed by atoms with Crippen molar-refractivity contribution in [2.75, 3.05) is 7.11 Å². The molecule has 6 heteroatoms. The smallest absolute Gasteiger partial charge is 0.341 e. The first kappa shape index (κ1) is 12.6. The fourth-order valence-electron chi connectivity index (χ4n) is 1.75. The summed E-state index contributed by atoms with van der Waals surface area (Å²) in [5, 5.41) is 9.14. The summed E-state index contributed by atoms with van der Waals surface area (Å²) < 4.78 is 14.3. The molecule has 1 aromatic heterocycles. The van der Waals surface area contributed by atoms with Crippen molar-refractivity contribution >= 4 is 16.9 Å². The fraction of sp³-hybridized carbons (Fsp3) is 0.154. The second-order valence-electron chi connectivity index (χ2n) is 3.78. The third kappa shape index (κ3) is 2.26. The molecule has 0 amide bonds. The molecule has 0 bridgehead atoms. The second-order valence-corrected chi connectivity index (χ2v) is 3.78. The zero-order valence-electron chi connectivity index (χ0n) is 10.2. The van der Waals surface area contributed by atoms with Crippen molar-refractivity contribution in [1.82, 2.24) is 0 Å². The molecule has 0 aliphatic heterocycles. The van der Waals surface area contributed by atoms with Gasteiger partial charge in [-0.1, -0.05) is 0 Å². The summed E-state index contributed by atoms with van der Waals surface area (Å²) in [5.74, 6) is -0.659. The number of carbonyl (C=O) groups is 1. The van der Waals surface area contributed by atoms with E-state index in [1.165, 1.54) is 31.6 Å². The van der Waals surface area contributed by atoms with Crippen molar-refractivity contribution in [3.8, 4) is 12.0 Å². The predicted octanol–water partition coefficient (Wildman–Crippen LogP) is 1.75. The lowest BCUT2D eigenvalue weighted by molar-refractivity contribution is 0.0598. The Kier molecular flexibility index (Phi) is 3.21. The lowest BCUT2D eigenvalue weighted by Crippen LogP contribution is -2.05. The maximum atomic E-state index is 11.6. The van der Waals surface area contributed by atoms with Crippen LogP contribution in [0.15, 0.2) is 27.4 Å². The van der Waals surface area contributed by atoms with E-state index >= 15 is 0 Å². The van der Waals surface area contributed by atoms with Crippen molar-refractivity contribution in [2.45, 2.75) is 6.92 Å². The molecule has 96 valence electrons. The quantitative estimate of drug-likeness (QED) is 0.463. The van der Waals surface area contributed by atoms with E-state index in [1.54, 1.807) is 6.92 Å². The van der Waals surface area contributed by atoms with Crippen LogP contribution in [0.2, 0.25) is 0 Å². The predicted molar refractivity (Wildman–Crippen MR) is 64.8 cm³/mol. The van der Waals surface area contributed by atoms with Gasteiger partial charge in [0.15, 0.2) is 5.75 Å². The first-order valence-electron chi connectivity index (χ1n) is 5.29. The van der Waals surface area contributed by atoms with Gasteiger partial charge in [-0.2, -0.15) is 0 Å². The molecule has 0 saturated carbocycles. The molecule has 19 heavy (non-hydrogen) atoms. The van der Waals surface area contributed by atoms with Crippen LogP contribution in [-0.4, -0.2) is 13.1 Å². The minimum Gasteiger partial charge on any atom is -0.465 e. The lowest BCUT2D eigenvalue weighted by atomic mass is 10.1. The van der Waals surface area contributed by atoms with E-state index < -0.39 is 11.6 Å². The van der Waals surface area contributed by atoms with Gasteiger partial charge in [0.1, 0.15) is 11.1 Å². The number of hydrogen-bond acceptors (Lipinski definition) is 6. The van der Waals surface area contributed by atoms with Gasteiger partial charge in [0.2, 0.25) is 0 Å². The summed E-state index contributed by atoms with van der Waals surface area (Å²) in [5.41, 5.74) is 0.468. The van der Waals surface area contributed by atoms with Gasteiger partial charge >= 0.3 is 11.6 Å². The number of carbonyl (C=O) groups excluding carboxylic acids is 1. The Labute approximate surface area is 107 Å². The number of aryl methyl sites for hydroxylation is 1. The molecule has 2 aromatic rings. The maximum Gasteiger partial charge on any atom is 0.341 e. The first-order chi connectivity index (χ1) is 9.06. The molecule has 2 rings (SSSR count). The Morgan fingerprint density at radius 3 is 2.74 bits per heavy atom. The van der Waals surface area contributed by atoms with Gasteiger partial charge in [-0.15, -0.1) is 5.26 Å². The molecule has 1 aromatic carbocycles. The van der Waals surface area contributed by atoms with E-state index in [9.17, 15) is 9.59 Å². The Hall–Kier alpha value is -2.81. The molecular formula is C13H9NO5. The minimum absolute atomic E-state index is 0.0180. The molecule has 0 spiro atoms. The van der Waals surface area contributed by atoms with Gasteiger partial charge in [-0.3, -0.25) is 0 Å². The Bertz CT molecular complexity index is 754. The van der Waals surface area contributed by atoms with Crippen LogP contribution in [0.3, 0.4) is 0 Å².